The number of nitrogens with one attached hydrogen (secondary N) is 1. The molecule has 0 heterocycles. The molecule has 3 N–H and O–H groups in total. The third-order valence-corrected chi connectivity index (χ3v) is 1.84. The van der Waals surface area contributed by atoms with E-state index in [9.17, 15) is 9.59 Å². The second-order valence-electron chi connectivity index (χ2n) is 3.26. The molecule has 0 aromatic rings. The second kappa shape index (κ2) is 4.92. The van der Waals surface area contributed by atoms with Gasteiger partial charge in [-0.3, -0.25) is 4.79 Å². The minimum absolute atomic E-state index is 0.582. The second-order valence-corrected chi connectivity index (χ2v) is 3.26. The van der Waals surface area contributed by atoms with Crippen molar-refractivity contribution in [2.24, 2.45) is 0 Å². The number of carbonyl (C=O) groups is 2. The Kier molecular flexibility index (Phi) is 4.52. The van der Waals surface area contributed by atoms with Gasteiger partial charge in [-0.1, -0.05) is 0 Å². The molecule has 0 saturated heterocycles. The molecule has 0 aromatic carbocycles. The van der Waals surface area contributed by atoms with Crippen LogP contribution in [0.4, 0.5) is 0 Å². The minimum Gasteiger partial charge on any atom is -0.480 e. The lowest BCUT2D eigenvalue weighted by molar-refractivity contribution is -0.148. The van der Waals surface area contributed by atoms with Crippen molar-refractivity contribution >= 4 is 11.9 Å². The van der Waals surface area contributed by atoms with Crippen molar-refractivity contribution in [3.63, 3.8) is 0 Å². The molecule has 1 amide bonds. The average Bonchev–Trinajstić information content (AvgIpc) is 2.12. The molecule has 0 saturated carbocycles. The Balaban J connectivity index is 4.37. The Labute approximate surface area is 81.9 Å². The van der Waals surface area contributed by atoms with Crippen molar-refractivity contribution < 1.29 is 24.5 Å². The average molecular weight is 205 g/mol. The SMILES string of the molecule is COC(C)(C)C(=O)N[C@@H](CO)C(=O)O. The molecule has 0 fully saturated rings. The Bertz CT molecular complexity index is 226. The van der Waals surface area contributed by atoms with Crippen LogP contribution in [-0.2, 0) is 14.3 Å². The van der Waals surface area contributed by atoms with E-state index in [4.69, 9.17) is 14.9 Å². The van der Waals surface area contributed by atoms with Gasteiger partial charge in [-0.15, -0.1) is 0 Å². The van der Waals surface area contributed by atoms with E-state index in [2.05, 4.69) is 5.32 Å². The fourth-order valence-electron chi connectivity index (χ4n) is 0.610. The smallest absolute Gasteiger partial charge is 0.328 e. The van der Waals surface area contributed by atoms with Crippen molar-refractivity contribution in [2.75, 3.05) is 13.7 Å². The van der Waals surface area contributed by atoms with Gasteiger partial charge in [-0.25, -0.2) is 4.79 Å². The van der Waals surface area contributed by atoms with Crippen molar-refractivity contribution in [3.05, 3.63) is 0 Å². The number of rotatable bonds is 5. The number of ether oxygens (including phenoxy) is 1. The highest BCUT2D eigenvalue weighted by molar-refractivity contribution is 5.88. The van der Waals surface area contributed by atoms with E-state index in [0.29, 0.717) is 0 Å². The first-order chi connectivity index (χ1) is 6.35. The molecular formula is C8H15NO5. The maximum atomic E-state index is 11.4. The summed E-state index contributed by atoms with van der Waals surface area (Å²) in [6, 6.07) is -1.29. The highest BCUT2D eigenvalue weighted by Gasteiger charge is 2.30. The molecule has 0 aliphatic heterocycles. The molecular weight excluding hydrogens is 190 g/mol. The third-order valence-electron chi connectivity index (χ3n) is 1.84. The predicted octanol–water partition coefficient (Wildman–Crippen LogP) is -1.03. The molecule has 82 valence electrons. The summed E-state index contributed by atoms with van der Waals surface area (Å²) in [4.78, 5) is 21.8. The maximum absolute atomic E-state index is 11.4. The van der Waals surface area contributed by atoms with Gasteiger partial charge in [0.05, 0.1) is 6.61 Å². The van der Waals surface area contributed by atoms with Crippen LogP contribution in [0.5, 0.6) is 0 Å². The molecule has 0 rings (SSSR count). The molecule has 0 unspecified atom stereocenters. The first-order valence-corrected chi connectivity index (χ1v) is 4.05. The van der Waals surface area contributed by atoms with Crippen LogP contribution in [-0.4, -0.2) is 47.4 Å². The number of aliphatic carboxylic acids is 1. The summed E-state index contributed by atoms with van der Waals surface area (Å²) in [5.74, 6) is -1.87. The van der Waals surface area contributed by atoms with E-state index in [1.807, 2.05) is 0 Å². The predicted molar refractivity (Wildman–Crippen MR) is 47.7 cm³/mol. The fourth-order valence-corrected chi connectivity index (χ4v) is 0.610. The Morgan fingerprint density at radius 1 is 1.50 bits per heavy atom. The lowest BCUT2D eigenvalue weighted by Gasteiger charge is -2.23. The fraction of sp³-hybridized carbons (Fsp3) is 0.750. The van der Waals surface area contributed by atoms with Crippen LogP contribution in [0.3, 0.4) is 0 Å². The number of methoxy groups -OCH3 is 1. The van der Waals surface area contributed by atoms with Crippen LogP contribution < -0.4 is 5.32 Å². The number of carboxylic acids is 1. The van der Waals surface area contributed by atoms with Crippen molar-refractivity contribution in [1.29, 1.82) is 0 Å². The van der Waals surface area contributed by atoms with Gasteiger partial charge in [-0.05, 0) is 13.8 Å². The number of amides is 1. The first kappa shape index (κ1) is 12.9. The zero-order chi connectivity index (χ0) is 11.4. The van der Waals surface area contributed by atoms with Crippen LogP contribution in [0, 0.1) is 0 Å². The Morgan fingerprint density at radius 2 is 2.00 bits per heavy atom. The van der Waals surface area contributed by atoms with E-state index >= 15 is 0 Å². The molecule has 0 radical (unpaired) electrons. The van der Waals surface area contributed by atoms with E-state index in [0.717, 1.165) is 0 Å². The first-order valence-electron chi connectivity index (χ1n) is 4.05. The van der Waals surface area contributed by atoms with E-state index < -0.39 is 30.1 Å². The van der Waals surface area contributed by atoms with E-state index in [1.54, 1.807) is 0 Å². The number of hydrogen-bond acceptors (Lipinski definition) is 4. The molecule has 6 nitrogen and oxygen atoms in total. The summed E-state index contributed by atoms with van der Waals surface area (Å²) in [5, 5.41) is 19.3. The minimum atomic E-state index is -1.29. The third kappa shape index (κ3) is 3.31. The number of aliphatic hydroxyl groups excluding tert-OH is 1. The van der Waals surface area contributed by atoms with Gasteiger partial charge in [0.15, 0.2) is 0 Å². The van der Waals surface area contributed by atoms with E-state index in [1.165, 1.54) is 21.0 Å². The highest BCUT2D eigenvalue weighted by atomic mass is 16.5. The summed E-state index contributed by atoms with van der Waals surface area (Å²) in [6.07, 6.45) is 0. The zero-order valence-corrected chi connectivity index (χ0v) is 8.40. The summed E-state index contributed by atoms with van der Waals surface area (Å²) in [7, 11) is 1.34. The maximum Gasteiger partial charge on any atom is 0.328 e. The zero-order valence-electron chi connectivity index (χ0n) is 8.40. The van der Waals surface area contributed by atoms with E-state index in [-0.39, 0.29) is 0 Å². The van der Waals surface area contributed by atoms with Crippen molar-refractivity contribution in [1.82, 2.24) is 5.32 Å². The number of hydrogen-bond donors (Lipinski definition) is 3. The molecule has 0 bridgehead atoms. The topological polar surface area (TPSA) is 95.9 Å². The van der Waals surface area contributed by atoms with Crippen LogP contribution in [0.1, 0.15) is 13.8 Å². The summed E-state index contributed by atoms with van der Waals surface area (Å²) in [5.41, 5.74) is -1.11. The highest BCUT2D eigenvalue weighted by Crippen LogP contribution is 2.07. The van der Waals surface area contributed by atoms with Crippen LogP contribution in [0.2, 0.25) is 0 Å². The Morgan fingerprint density at radius 3 is 2.29 bits per heavy atom. The standard InChI is InChI=1S/C8H15NO5/c1-8(2,14-3)7(13)9-5(4-10)6(11)12/h5,10H,4H2,1-3H3,(H,9,13)(H,11,12)/t5-/m0/s1. The summed E-state index contributed by atoms with van der Waals surface area (Å²) >= 11 is 0. The van der Waals surface area contributed by atoms with Gasteiger partial charge < -0.3 is 20.3 Å². The lowest BCUT2D eigenvalue weighted by atomic mass is 10.1. The van der Waals surface area contributed by atoms with Gasteiger partial charge in [0, 0.05) is 7.11 Å². The lowest BCUT2D eigenvalue weighted by Crippen LogP contribution is -2.51. The van der Waals surface area contributed by atoms with Crippen LogP contribution >= 0.6 is 0 Å². The quantitative estimate of drug-likeness (QED) is 0.533. The van der Waals surface area contributed by atoms with Crippen LogP contribution in [0.25, 0.3) is 0 Å². The number of carboxylic acid groups (broad SMARTS) is 1. The summed E-state index contributed by atoms with van der Waals surface area (Å²) < 4.78 is 4.84. The molecule has 1 atom stereocenters. The van der Waals surface area contributed by atoms with Crippen LogP contribution in [0.15, 0.2) is 0 Å². The number of carbonyl (C=O) groups excluding carboxylic acids is 1. The van der Waals surface area contributed by atoms with Gasteiger partial charge in [-0.2, -0.15) is 0 Å². The molecule has 14 heavy (non-hydrogen) atoms. The van der Waals surface area contributed by atoms with Crippen molar-refractivity contribution in [3.8, 4) is 0 Å². The van der Waals surface area contributed by atoms with Gasteiger partial charge in [0.2, 0.25) is 0 Å². The molecule has 0 aliphatic carbocycles. The molecule has 0 aliphatic rings. The van der Waals surface area contributed by atoms with Gasteiger partial charge in [0.25, 0.3) is 5.91 Å². The molecule has 0 aromatic heterocycles. The molecule has 0 spiro atoms. The number of aliphatic hydroxyl groups is 1. The Hall–Kier alpha value is -1.14. The van der Waals surface area contributed by atoms with Gasteiger partial charge in [0.1, 0.15) is 11.6 Å². The molecule has 6 heteroatoms. The monoisotopic (exact) mass is 205 g/mol. The largest absolute Gasteiger partial charge is 0.480 e. The van der Waals surface area contributed by atoms with Crippen molar-refractivity contribution in [2.45, 2.75) is 25.5 Å². The summed E-state index contributed by atoms with van der Waals surface area (Å²) in [6.45, 7) is 2.35. The van der Waals surface area contributed by atoms with Gasteiger partial charge >= 0.3 is 5.97 Å². The normalized spacial score (nSPS) is 13.4.